The highest BCUT2D eigenvalue weighted by atomic mass is 16.3. The molecule has 0 unspecified atom stereocenters. The van der Waals surface area contributed by atoms with E-state index in [1.54, 1.807) is 0 Å². The number of rotatable bonds is 3. The molecule has 70 valence electrons. The first-order valence-corrected chi connectivity index (χ1v) is 4.27. The minimum Gasteiger partial charge on any atom is -0.396 e. The molecule has 4 heteroatoms. The third kappa shape index (κ3) is 2.70. The smallest absolute Gasteiger partial charge is 0.191 e. The maximum atomic E-state index is 8.97. The van der Waals surface area contributed by atoms with E-state index < -0.39 is 0 Å². The van der Waals surface area contributed by atoms with Crippen molar-refractivity contribution in [1.29, 1.82) is 0 Å². The zero-order chi connectivity index (χ0) is 9.03. The Kier molecular flexibility index (Phi) is 2.92. The van der Waals surface area contributed by atoms with Crippen molar-refractivity contribution in [2.75, 3.05) is 26.2 Å². The van der Waals surface area contributed by atoms with E-state index in [1.807, 2.05) is 13.8 Å². The number of hydrogen-bond donors (Lipinski definition) is 3. The fourth-order valence-electron chi connectivity index (χ4n) is 0.895. The van der Waals surface area contributed by atoms with Crippen molar-refractivity contribution in [3.8, 4) is 0 Å². The molecule has 12 heavy (non-hydrogen) atoms. The lowest BCUT2D eigenvalue weighted by atomic mass is 9.95. The van der Waals surface area contributed by atoms with Crippen LogP contribution in [-0.4, -0.2) is 37.3 Å². The predicted molar refractivity (Wildman–Crippen MR) is 49.2 cm³/mol. The molecule has 0 radical (unpaired) electrons. The summed E-state index contributed by atoms with van der Waals surface area (Å²) in [5, 5.41) is 15.2. The van der Waals surface area contributed by atoms with Gasteiger partial charge in [-0.05, 0) is 0 Å². The zero-order valence-corrected chi connectivity index (χ0v) is 7.72. The Bertz CT molecular complexity index is 177. The van der Waals surface area contributed by atoms with E-state index in [4.69, 9.17) is 5.11 Å². The topological polar surface area (TPSA) is 56.6 Å². The minimum atomic E-state index is -0.0766. The third-order valence-corrected chi connectivity index (χ3v) is 1.84. The fraction of sp³-hybridized carbons (Fsp3) is 0.875. The van der Waals surface area contributed by atoms with Crippen LogP contribution < -0.4 is 10.6 Å². The molecule has 0 atom stereocenters. The summed E-state index contributed by atoms with van der Waals surface area (Å²) in [4.78, 5) is 4.19. The van der Waals surface area contributed by atoms with E-state index in [-0.39, 0.29) is 12.0 Å². The van der Waals surface area contributed by atoms with Crippen molar-refractivity contribution >= 4 is 5.96 Å². The molecule has 1 aliphatic rings. The van der Waals surface area contributed by atoms with Gasteiger partial charge in [0, 0.05) is 25.1 Å². The van der Waals surface area contributed by atoms with Crippen molar-refractivity contribution in [1.82, 2.24) is 10.6 Å². The molecule has 0 saturated carbocycles. The fourth-order valence-corrected chi connectivity index (χ4v) is 0.895. The molecular formula is C8H17N3O. The highest BCUT2D eigenvalue weighted by molar-refractivity contribution is 5.81. The second-order valence-electron chi connectivity index (χ2n) is 3.83. The van der Waals surface area contributed by atoms with Crippen LogP contribution in [0.1, 0.15) is 13.8 Å². The average Bonchev–Trinajstić information content (AvgIpc) is 2.53. The first-order chi connectivity index (χ1) is 5.64. The standard InChI is InChI=1S/C8H17N3O/c1-8(2,6-12)5-11-7-9-3-4-10-7/h12H,3-6H2,1-2H3,(H2,9,10,11). The minimum absolute atomic E-state index is 0.0766. The number of aliphatic hydroxyl groups excluding tert-OH is 1. The molecule has 0 aromatic rings. The van der Waals surface area contributed by atoms with Gasteiger partial charge in [-0.25, -0.2) is 0 Å². The van der Waals surface area contributed by atoms with Crippen molar-refractivity contribution in [3.63, 3.8) is 0 Å². The van der Waals surface area contributed by atoms with Crippen molar-refractivity contribution in [2.45, 2.75) is 13.8 Å². The maximum absolute atomic E-state index is 8.97. The van der Waals surface area contributed by atoms with E-state index in [0.29, 0.717) is 0 Å². The molecule has 0 saturated heterocycles. The number of aliphatic imine (C=N–C) groups is 1. The van der Waals surface area contributed by atoms with Crippen LogP contribution in [0.3, 0.4) is 0 Å². The predicted octanol–water partition coefficient (Wildman–Crippen LogP) is -0.446. The monoisotopic (exact) mass is 171 g/mol. The number of nitrogens with zero attached hydrogens (tertiary/aromatic N) is 1. The highest BCUT2D eigenvalue weighted by Gasteiger charge is 2.17. The van der Waals surface area contributed by atoms with Gasteiger partial charge in [0.15, 0.2) is 5.96 Å². The normalized spacial score (nSPS) is 17.1. The van der Waals surface area contributed by atoms with E-state index in [0.717, 1.165) is 25.6 Å². The van der Waals surface area contributed by atoms with Gasteiger partial charge in [0.25, 0.3) is 0 Å². The van der Waals surface area contributed by atoms with Crippen LogP contribution in [0.15, 0.2) is 4.99 Å². The van der Waals surface area contributed by atoms with Crippen molar-refractivity contribution in [2.24, 2.45) is 10.4 Å². The second kappa shape index (κ2) is 3.76. The van der Waals surface area contributed by atoms with E-state index >= 15 is 0 Å². The molecule has 0 bridgehead atoms. The van der Waals surface area contributed by atoms with Gasteiger partial charge < -0.3 is 15.7 Å². The van der Waals surface area contributed by atoms with E-state index in [9.17, 15) is 0 Å². The summed E-state index contributed by atoms with van der Waals surface area (Å²) in [7, 11) is 0. The molecule has 0 aromatic carbocycles. The number of aliphatic hydroxyl groups is 1. The molecule has 0 fully saturated rings. The Hall–Kier alpha value is -0.770. The molecule has 0 spiro atoms. The van der Waals surface area contributed by atoms with Gasteiger partial charge in [0.05, 0.1) is 6.54 Å². The lowest BCUT2D eigenvalue weighted by Gasteiger charge is -2.22. The van der Waals surface area contributed by atoms with Crippen LogP contribution >= 0.6 is 0 Å². The lowest BCUT2D eigenvalue weighted by molar-refractivity contribution is 0.162. The SMILES string of the molecule is CC(C)(CO)CNC1=NCCN1. The van der Waals surface area contributed by atoms with Gasteiger partial charge in [-0.15, -0.1) is 0 Å². The first-order valence-electron chi connectivity index (χ1n) is 4.27. The summed E-state index contributed by atoms with van der Waals surface area (Å²) < 4.78 is 0. The van der Waals surface area contributed by atoms with Crippen molar-refractivity contribution < 1.29 is 5.11 Å². The Morgan fingerprint density at radius 3 is 2.92 bits per heavy atom. The maximum Gasteiger partial charge on any atom is 0.191 e. The third-order valence-electron chi connectivity index (χ3n) is 1.84. The highest BCUT2D eigenvalue weighted by Crippen LogP contribution is 2.10. The van der Waals surface area contributed by atoms with E-state index in [1.165, 1.54) is 0 Å². The summed E-state index contributed by atoms with van der Waals surface area (Å²) in [6, 6.07) is 0. The second-order valence-corrected chi connectivity index (χ2v) is 3.83. The molecule has 0 aliphatic carbocycles. The Morgan fingerprint density at radius 2 is 2.42 bits per heavy atom. The largest absolute Gasteiger partial charge is 0.396 e. The van der Waals surface area contributed by atoms with Gasteiger partial charge >= 0.3 is 0 Å². The zero-order valence-electron chi connectivity index (χ0n) is 7.72. The van der Waals surface area contributed by atoms with Crippen LogP contribution in [0.4, 0.5) is 0 Å². The van der Waals surface area contributed by atoms with Gasteiger partial charge in [-0.2, -0.15) is 0 Å². The summed E-state index contributed by atoms with van der Waals surface area (Å²) in [5.74, 6) is 0.858. The van der Waals surface area contributed by atoms with Gasteiger partial charge in [-0.3, -0.25) is 4.99 Å². The van der Waals surface area contributed by atoms with Gasteiger partial charge in [0.2, 0.25) is 0 Å². The van der Waals surface area contributed by atoms with Crippen molar-refractivity contribution in [3.05, 3.63) is 0 Å². The van der Waals surface area contributed by atoms with Crippen LogP contribution in [-0.2, 0) is 0 Å². The quantitative estimate of drug-likeness (QED) is 0.539. The lowest BCUT2D eigenvalue weighted by Crippen LogP contribution is -2.40. The summed E-state index contributed by atoms with van der Waals surface area (Å²) in [5.41, 5.74) is -0.0766. The molecule has 4 nitrogen and oxygen atoms in total. The van der Waals surface area contributed by atoms with Crippen LogP contribution in [0, 0.1) is 5.41 Å². The summed E-state index contributed by atoms with van der Waals surface area (Å²) in [6.45, 7) is 6.72. The molecule has 0 aromatic heterocycles. The Morgan fingerprint density at radius 1 is 1.67 bits per heavy atom. The molecule has 1 aliphatic heterocycles. The summed E-state index contributed by atoms with van der Waals surface area (Å²) >= 11 is 0. The number of hydrogen-bond acceptors (Lipinski definition) is 4. The molecule has 1 rings (SSSR count). The van der Waals surface area contributed by atoms with E-state index in [2.05, 4.69) is 15.6 Å². The summed E-state index contributed by atoms with van der Waals surface area (Å²) in [6.07, 6.45) is 0. The van der Waals surface area contributed by atoms with Gasteiger partial charge in [-0.1, -0.05) is 13.8 Å². The van der Waals surface area contributed by atoms with Crippen LogP contribution in [0.2, 0.25) is 0 Å². The van der Waals surface area contributed by atoms with Crippen LogP contribution in [0.25, 0.3) is 0 Å². The molecule has 3 N–H and O–H groups in total. The number of guanidine groups is 1. The molecule has 0 amide bonds. The van der Waals surface area contributed by atoms with Gasteiger partial charge in [0.1, 0.15) is 0 Å². The number of nitrogens with one attached hydrogen (secondary N) is 2. The average molecular weight is 171 g/mol. The molecule has 1 heterocycles. The molecular weight excluding hydrogens is 154 g/mol. The Labute approximate surface area is 73.1 Å². The Balaban J connectivity index is 2.24. The first kappa shape index (κ1) is 9.32. The van der Waals surface area contributed by atoms with Crippen LogP contribution in [0.5, 0.6) is 0 Å².